The Hall–Kier alpha value is -2.41. The van der Waals surface area contributed by atoms with Crippen LogP contribution < -0.4 is 10.1 Å². The van der Waals surface area contributed by atoms with Crippen LogP contribution >= 0.6 is 0 Å². The van der Waals surface area contributed by atoms with Gasteiger partial charge in [0.15, 0.2) is 0 Å². The number of benzene rings is 1. The normalized spacial score (nSPS) is 17.7. The van der Waals surface area contributed by atoms with Gasteiger partial charge in [0.25, 0.3) is 0 Å². The van der Waals surface area contributed by atoms with Crippen molar-refractivity contribution in [2.75, 3.05) is 20.2 Å². The van der Waals surface area contributed by atoms with Gasteiger partial charge in [0.05, 0.1) is 18.4 Å². The van der Waals surface area contributed by atoms with Crippen molar-refractivity contribution in [2.45, 2.75) is 32.9 Å². The quantitative estimate of drug-likeness (QED) is 0.900. The number of nitrogens with zero attached hydrogens (tertiary/aromatic N) is 2. The summed E-state index contributed by atoms with van der Waals surface area (Å²) >= 11 is 0. The topological polar surface area (TPSA) is 67.6 Å². The number of halogens is 1. The van der Waals surface area contributed by atoms with Gasteiger partial charge in [-0.2, -0.15) is 0 Å². The van der Waals surface area contributed by atoms with E-state index in [1.165, 1.54) is 20.1 Å². The molecule has 7 heteroatoms. The predicted molar refractivity (Wildman–Crippen MR) is 90.7 cm³/mol. The summed E-state index contributed by atoms with van der Waals surface area (Å²) in [7, 11) is 1.53. The summed E-state index contributed by atoms with van der Waals surface area (Å²) in [6.45, 7) is 5.61. The number of carbonyl (C=O) groups excluding carboxylic acids is 1. The molecule has 2 aromatic rings. The van der Waals surface area contributed by atoms with E-state index in [9.17, 15) is 9.18 Å². The molecule has 2 heterocycles. The predicted octanol–water partition coefficient (Wildman–Crippen LogP) is 2.51. The zero-order valence-electron chi connectivity index (χ0n) is 14.6. The Bertz CT molecular complexity index is 775. The van der Waals surface area contributed by atoms with E-state index < -0.39 is 5.82 Å². The van der Waals surface area contributed by atoms with Crippen molar-refractivity contribution < 1.29 is 18.3 Å². The molecule has 1 aromatic carbocycles. The van der Waals surface area contributed by atoms with Crippen LogP contribution in [0.4, 0.5) is 4.39 Å². The molecule has 0 radical (unpaired) electrons. The van der Waals surface area contributed by atoms with Crippen molar-refractivity contribution in [2.24, 2.45) is 0 Å². The smallest absolute Gasteiger partial charge is 0.229 e. The summed E-state index contributed by atoms with van der Waals surface area (Å²) in [6.07, 6.45) is 0.911. The summed E-state index contributed by atoms with van der Waals surface area (Å²) in [6, 6.07) is 4.64. The van der Waals surface area contributed by atoms with Crippen LogP contribution in [0.25, 0.3) is 11.5 Å². The fourth-order valence-electron chi connectivity index (χ4n) is 3.08. The second kappa shape index (κ2) is 7.23. The number of oxazole rings is 1. The molecule has 1 atom stereocenters. The second-order valence-corrected chi connectivity index (χ2v) is 6.29. The molecule has 1 saturated heterocycles. The Kier molecular flexibility index (Phi) is 5.03. The number of methoxy groups -OCH3 is 1. The molecule has 1 aromatic heterocycles. The van der Waals surface area contributed by atoms with Crippen LogP contribution in [0.5, 0.6) is 5.75 Å². The van der Waals surface area contributed by atoms with Gasteiger partial charge in [0.1, 0.15) is 17.3 Å². The molecular weight excluding hydrogens is 325 g/mol. The number of nitrogens with one attached hydrogen (secondary N) is 1. The van der Waals surface area contributed by atoms with Gasteiger partial charge in [-0.15, -0.1) is 0 Å². The van der Waals surface area contributed by atoms with Crippen molar-refractivity contribution in [3.63, 3.8) is 0 Å². The molecule has 1 aliphatic rings. The summed E-state index contributed by atoms with van der Waals surface area (Å²) in [5.41, 5.74) is 1.06. The maximum absolute atomic E-state index is 14.1. The zero-order chi connectivity index (χ0) is 18.0. The SMILES string of the molecule is COc1ccc(F)c(-c2nc(CN3CC[C@@H](NC(C)=O)C3)c(C)o2)c1. The molecule has 0 spiro atoms. The van der Waals surface area contributed by atoms with Crippen LogP contribution in [0.3, 0.4) is 0 Å². The van der Waals surface area contributed by atoms with Gasteiger partial charge in [0.2, 0.25) is 11.8 Å². The highest BCUT2D eigenvalue weighted by molar-refractivity contribution is 5.73. The Morgan fingerprint density at radius 3 is 3.04 bits per heavy atom. The molecule has 0 saturated carbocycles. The largest absolute Gasteiger partial charge is 0.497 e. The molecule has 134 valence electrons. The number of rotatable bonds is 5. The maximum atomic E-state index is 14.1. The molecule has 25 heavy (non-hydrogen) atoms. The highest BCUT2D eigenvalue weighted by Crippen LogP contribution is 2.28. The molecule has 1 fully saturated rings. The fourth-order valence-corrected chi connectivity index (χ4v) is 3.08. The highest BCUT2D eigenvalue weighted by Gasteiger charge is 2.25. The molecule has 3 rings (SSSR count). The molecule has 1 N–H and O–H groups in total. The number of carbonyl (C=O) groups is 1. The maximum Gasteiger partial charge on any atom is 0.229 e. The molecule has 1 aliphatic heterocycles. The minimum atomic E-state index is -0.402. The molecule has 0 bridgehead atoms. The van der Waals surface area contributed by atoms with Gasteiger partial charge >= 0.3 is 0 Å². The third-order valence-corrected chi connectivity index (χ3v) is 4.35. The first-order valence-electron chi connectivity index (χ1n) is 8.26. The summed E-state index contributed by atoms with van der Waals surface area (Å²) in [5, 5.41) is 2.94. The second-order valence-electron chi connectivity index (χ2n) is 6.29. The molecule has 1 amide bonds. The van der Waals surface area contributed by atoms with Gasteiger partial charge in [-0.25, -0.2) is 9.37 Å². The van der Waals surface area contributed by atoms with Crippen LogP contribution in [-0.2, 0) is 11.3 Å². The lowest BCUT2D eigenvalue weighted by Gasteiger charge is -2.15. The number of likely N-dealkylation sites (tertiary alicyclic amines) is 1. The van der Waals surface area contributed by atoms with E-state index in [2.05, 4.69) is 15.2 Å². The first-order valence-corrected chi connectivity index (χ1v) is 8.26. The van der Waals surface area contributed by atoms with Gasteiger partial charge in [0, 0.05) is 32.6 Å². The van der Waals surface area contributed by atoms with Crippen molar-refractivity contribution >= 4 is 5.91 Å². The Labute approximate surface area is 146 Å². The van der Waals surface area contributed by atoms with E-state index in [1.54, 1.807) is 12.1 Å². The Morgan fingerprint density at radius 1 is 1.52 bits per heavy atom. The van der Waals surface area contributed by atoms with E-state index in [1.807, 2.05) is 6.92 Å². The van der Waals surface area contributed by atoms with Crippen molar-refractivity contribution in [1.82, 2.24) is 15.2 Å². The lowest BCUT2D eigenvalue weighted by atomic mass is 10.2. The van der Waals surface area contributed by atoms with Crippen LogP contribution in [0.1, 0.15) is 24.8 Å². The minimum absolute atomic E-state index is 0.0137. The van der Waals surface area contributed by atoms with E-state index in [-0.39, 0.29) is 23.4 Å². The summed E-state index contributed by atoms with van der Waals surface area (Å²) in [4.78, 5) is 17.8. The first kappa shape index (κ1) is 17.4. The lowest BCUT2D eigenvalue weighted by Crippen LogP contribution is -2.35. The van der Waals surface area contributed by atoms with Crippen molar-refractivity contribution in [1.29, 1.82) is 0 Å². The third kappa shape index (κ3) is 3.99. The van der Waals surface area contributed by atoms with Crippen LogP contribution in [0.15, 0.2) is 22.6 Å². The average molecular weight is 347 g/mol. The van der Waals surface area contributed by atoms with E-state index in [4.69, 9.17) is 9.15 Å². The monoisotopic (exact) mass is 347 g/mol. The first-order chi connectivity index (χ1) is 12.0. The molecular formula is C18H22FN3O3. The van der Waals surface area contributed by atoms with E-state index >= 15 is 0 Å². The lowest BCUT2D eigenvalue weighted by molar-refractivity contribution is -0.119. The Morgan fingerprint density at radius 2 is 2.32 bits per heavy atom. The number of hydrogen-bond acceptors (Lipinski definition) is 5. The van der Waals surface area contributed by atoms with Crippen molar-refractivity contribution in [3.05, 3.63) is 35.5 Å². The molecule has 6 nitrogen and oxygen atoms in total. The van der Waals surface area contributed by atoms with Crippen LogP contribution in [-0.4, -0.2) is 42.0 Å². The fraction of sp³-hybridized carbons (Fsp3) is 0.444. The molecule has 0 unspecified atom stereocenters. The van der Waals surface area contributed by atoms with Gasteiger partial charge < -0.3 is 14.5 Å². The number of amides is 1. The number of ether oxygens (including phenoxy) is 1. The number of aromatic nitrogens is 1. The van der Waals surface area contributed by atoms with Crippen LogP contribution in [0.2, 0.25) is 0 Å². The highest BCUT2D eigenvalue weighted by atomic mass is 19.1. The van der Waals surface area contributed by atoms with E-state index in [0.29, 0.717) is 18.1 Å². The number of aryl methyl sites for hydroxylation is 1. The number of hydrogen-bond donors (Lipinski definition) is 1. The zero-order valence-corrected chi connectivity index (χ0v) is 14.6. The van der Waals surface area contributed by atoms with Gasteiger partial charge in [-0.05, 0) is 31.5 Å². The van der Waals surface area contributed by atoms with Gasteiger partial charge in [-0.3, -0.25) is 9.69 Å². The standard InChI is InChI=1S/C18H22FN3O3/c1-11-17(10-22-7-6-13(9-22)20-12(2)23)21-18(25-11)15-8-14(24-3)4-5-16(15)19/h4-5,8,13H,6-7,9-10H2,1-3H3,(H,20,23)/t13-/m1/s1. The van der Waals surface area contributed by atoms with Gasteiger partial charge in [-0.1, -0.05) is 0 Å². The average Bonchev–Trinajstić information content (AvgIpc) is 3.15. The summed E-state index contributed by atoms with van der Waals surface area (Å²) in [5.74, 6) is 1.05. The molecule has 0 aliphatic carbocycles. The van der Waals surface area contributed by atoms with Crippen LogP contribution in [0, 0.1) is 12.7 Å². The summed E-state index contributed by atoms with van der Waals surface area (Å²) < 4.78 is 24.9. The minimum Gasteiger partial charge on any atom is -0.497 e. The van der Waals surface area contributed by atoms with Crippen molar-refractivity contribution in [3.8, 4) is 17.2 Å². The Balaban J connectivity index is 1.74. The van der Waals surface area contributed by atoms with E-state index in [0.717, 1.165) is 25.2 Å². The third-order valence-electron chi connectivity index (χ3n) is 4.35.